The lowest BCUT2D eigenvalue weighted by molar-refractivity contribution is 0.565. The number of nitrogens with zero attached hydrogens (tertiary/aromatic N) is 1. The maximum Gasteiger partial charge on any atom is 0.0542 e. The Morgan fingerprint density at radius 2 is 1.95 bits per heavy atom. The maximum absolute atomic E-state index is 4.40. The summed E-state index contributed by atoms with van der Waals surface area (Å²) in [5.41, 5.74) is 5.55. The van der Waals surface area contributed by atoms with Gasteiger partial charge in [-0.1, -0.05) is 18.2 Å². The zero-order chi connectivity index (χ0) is 14.7. The minimum atomic E-state index is 0.350. The van der Waals surface area contributed by atoms with Gasteiger partial charge >= 0.3 is 0 Å². The number of halogens is 1. The number of nitrogens with one attached hydrogen (secondary N) is 1. The minimum absolute atomic E-state index is 0.350. The maximum atomic E-state index is 4.40. The zero-order valence-corrected chi connectivity index (χ0v) is 14.0. The second-order valence-corrected chi connectivity index (χ2v) is 6.72. The number of hydrogen-bond acceptors (Lipinski definition) is 2. The number of hydrogen-bond donors (Lipinski definition) is 1. The van der Waals surface area contributed by atoms with Crippen LogP contribution in [-0.2, 0) is 19.4 Å². The van der Waals surface area contributed by atoms with Crippen LogP contribution in [0.2, 0.25) is 0 Å². The predicted molar refractivity (Wildman–Crippen MR) is 90.3 cm³/mol. The van der Waals surface area contributed by atoms with E-state index in [9.17, 15) is 0 Å². The van der Waals surface area contributed by atoms with Crippen LogP contribution in [0.1, 0.15) is 48.2 Å². The molecule has 0 aliphatic heterocycles. The number of rotatable bonds is 4. The van der Waals surface area contributed by atoms with Crippen molar-refractivity contribution < 1.29 is 0 Å². The van der Waals surface area contributed by atoms with Gasteiger partial charge in [-0.3, -0.25) is 4.98 Å². The lowest BCUT2D eigenvalue weighted by Gasteiger charge is -2.20. The number of aromatic nitrogens is 1. The fourth-order valence-corrected chi connectivity index (χ4v) is 3.14. The first kappa shape index (κ1) is 14.7. The number of benzene rings is 1. The molecule has 3 rings (SSSR count). The molecule has 1 N–H and O–H groups in total. The number of fused-ring (bicyclic) bond motifs is 1. The summed E-state index contributed by atoms with van der Waals surface area (Å²) in [7, 11) is 0. The third-order valence-electron chi connectivity index (χ3n) is 4.25. The van der Waals surface area contributed by atoms with Gasteiger partial charge < -0.3 is 5.32 Å². The van der Waals surface area contributed by atoms with Crippen molar-refractivity contribution in [3.05, 3.63) is 63.4 Å². The molecule has 0 bridgehead atoms. The van der Waals surface area contributed by atoms with Crippen LogP contribution in [0, 0.1) is 0 Å². The highest BCUT2D eigenvalue weighted by Crippen LogP contribution is 2.24. The van der Waals surface area contributed by atoms with Gasteiger partial charge in [0, 0.05) is 23.3 Å². The molecule has 110 valence electrons. The molecule has 0 spiro atoms. The smallest absolute Gasteiger partial charge is 0.0542 e. The van der Waals surface area contributed by atoms with Crippen molar-refractivity contribution >= 4 is 15.9 Å². The van der Waals surface area contributed by atoms with Gasteiger partial charge in [-0.05, 0) is 77.4 Å². The van der Waals surface area contributed by atoms with Gasteiger partial charge in [-0.2, -0.15) is 0 Å². The Hall–Kier alpha value is -1.19. The molecule has 1 atom stereocenters. The van der Waals surface area contributed by atoms with E-state index in [1.807, 2.05) is 12.3 Å². The van der Waals surface area contributed by atoms with E-state index >= 15 is 0 Å². The van der Waals surface area contributed by atoms with E-state index in [0.29, 0.717) is 6.04 Å². The summed E-state index contributed by atoms with van der Waals surface area (Å²) < 4.78 is 1.02. The summed E-state index contributed by atoms with van der Waals surface area (Å²) in [6.45, 7) is 3.02. The van der Waals surface area contributed by atoms with Crippen molar-refractivity contribution in [1.29, 1.82) is 0 Å². The van der Waals surface area contributed by atoms with Crippen molar-refractivity contribution in [2.24, 2.45) is 0 Å². The molecule has 21 heavy (non-hydrogen) atoms. The SMILES string of the molecule is CC(NCc1ccc(Br)cn1)c1ccc2c(c1)CCCC2. The summed E-state index contributed by atoms with van der Waals surface area (Å²) in [4.78, 5) is 4.40. The molecule has 0 amide bonds. The second kappa shape index (κ2) is 6.71. The molecular formula is C18H21BrN2. The molecule has 3 heteroatoms. The van der Waals surface area contributed by atoms with Gasteiger partial charge in [0.05, 0.1) is 5.69 Å². The standard InChI is InChI=1S/C18H21BrN2/c1-13(20-12-18-9-8-17(19)11-21-18)15-7-6-14-4-2-3-5-16(14)10-15/h6-11,13,20H,2-5,12H2,1H3. The van der Waals surface area contributed by atoms with Crippen molar-refractivity contribution in [2.75, 3.05) is 0 Å². The Morgan fingerprint density at radius 3 is 2.71 bits per heavy atom. The van der Waals surface area contributed by atoms with Crippen LogP contribution in [0.5, 0.6) is 0 Å². The fourth-order valence-electron chi connectivity index (χ4n) is 2.91. The van der Waals surface area contributed by atoms with Gasteiger partial charge in [0.1, 0.15) is 0 Å². The van der Waals surface area contributed by atoms with Crippen LogP contribution in [0.4, 0.5) is 0 Å². The third-order valence-corrected chi connectivity index (χ3v) is 4.72. The predicted octanol–water partition coefficient (Wildman–Crippen LogP) is 4.57. The fraction of sp³-hybridized carbons (Fsp3) is 0.389. The Morgan fingerprint density at radius 1 is 1.14 bits per heavy atom. The number of pyridine rings is 1. The first-order valence-electron chi connectivity index (χ1n) is 7.68. The summed E-state index contributed by atoms with van der Waals surface area (Å²) in [6, 6.07) is 11.4. The highest BCUT2D eigenvalue weighted by molar-refractivity contribution is 9.10. The van der Waals surface area contributed by atoms with E-state index in [4.69, 9.17) is 0 Å². The molecule has 1 aromatic carbocycles. The lowest BCUT2D eigenvalue weighted by Crippen LogP contribution is -2.19. The van der Waals surface area contributed by atoms with Crippen LogP contribution in [0.25, 0.3) is 0 Å². The van der Waals surface area contributed by atoms with Crippen LogP contribution < -0.4 is 5.32 Å². The van der Waals surface area contributed by atoms with Gasteiger partial charge in [-0.25, -0.2) is 0 Å². The van der Waals surface area contributed by atoms with Gasteiger partial charge in [-0.15, -0.1) is 0 Å². The quantitative estimate of drug-likeness (QED) is 0.878. The zero-order valence-electron chi connectivity index (χ0n) is 12.4. The minimum Gasteiger partial charge on any atom is -0.305 e. The number of aryl methyl sites for hydroxylation is 2. The monoisotopic (exact) mass is 344 g/mol. The molecule has 1 heterocycles. The summed E-state index contributed by atoms with van der Waals surface area (Å²) in [5, 5.41) is 3.56. The first-order chi connectivity index (χ1) is 10.2. The molecule has 0 radical (unpaired) electrons. The Labute approximate surface area is 135 Å². The van der Waals surface area contributed by atoms with Crippen molar-refractivity contribution in [3.8, 4) is 0 Å². The van der Waals surface area contributed by atoms with Gasteiger partial charge in [0.15, 0.2) is 0 Å². The molecule has 0 saturated heterocycles. The Bertz CT molecular complexity index is 607. The Kier molecular flexibility index (Phi) is 4.71. The first-order valence-corrected chi connectivity index (χ1v) is 8.47. The largest absolute Gasteiger partial charge is 0.305 e. The van der Waals surface area contributed by atoms with E-state index in [2.05, 4.69) is 57.4 Å². The Balaban J connectivity index is 1.65. The molecule has 0 fully saturated rings. The lowest BCUT2D eigenvalue weighted by atomic mass is 9.89. The molecule has 2 nitrogen and oxygen atoms in total. The highest BCUT2D eigenvalue weighted by Gasteiger charge is 2.12. The van der Waals surface area contributed by atoms with Crippen LogP contribution in [0.3, 0.4) is 0 Å². The highest BCUT2D eigenvalue weighted by atomic mass is 79.9. The van der Waals surface area contributed by atoms with E-state index in [1.165, 1.54) is 31.2 Å². The average Bonchev–Trinajstić information content (AvgIpc) is 2.53. The normalized spacial score (nSPS) is 15.5. The average molecular weight is 345 g/mol. The molecule has 2 aromatic rings. The van der Waals surface area contributed by atoms with E-state index in [1.54, 1.807) is 11.1 Å². The van der Waals surface area contributed by atoms with Crippen molar-refractivity contribution in [2.45, 2.75) is 45.2 Å². The van der Waals surface area contributed by atoms with E-state index in [0.717, 1.165) is 16.7 Å². The molecular weight excluding hydrogens is 324 g/mol. The van der Waals surface area contributed by atoms with Crippen LogP contribution >= 0.6 is 15.9 Å². The molecule has 1 aliphatic rings. The topological polar surface area (TPSA) is 24.9 Å². The molecule has 1 aliphatic carbocycles. The van der Waals surface area contributed by atoms with Crippen molar-refractivity contribution in [1.82, 2.24) is 10.3 Å². The van der Waals surface area contributed by atoms with Crippen LogP contribution in [-0.4, -0.2) is 4.98 Å². The molecule has 1 aromatic heterocycles. The summed E-state index contributed by atoms with van der Waals surface area (Å²) in [6.07, 6.45) is 7.02. The van der Waals surface area contributed by atoms with Gasteiger partial charge in [0.2, 0.25) is 0 Å². The third kappa shape index (κ3) is 3.72. The van der Waals surface area contributed by atoms with Crippen molar-refractivity contribution in [3.63, 3.8) is 0 Å². The van der Waals surface area contributed by atoms with Crippen LogP contribution in [0.15, 0.2) is 41.0 Å². The molecule has 0 saturated carbocycles. The second-order valence-electron chi connectivity index (χ2n) is 5.81. The molecule has 1 unspecified atom stereocenters. The van der Waals surface area contributed by atoms with Gasteiger partial charge in [0.25, 0.3) is 0 Å². The summed E-state index contributed by atoms with van der Waals surface area (Å²) >= 11 is 3.41. The van der Waals surface area contributed by atoms with E-state index < -0.39 is 0 Å². The summed E-state index contributed by atoms with van der Waals surface area (Å²) in [5.74, 6) is 0. The van der Waals surface area contributed by atoms with E-state index in [-0.39, 0.29) is 0 Å².